The molecule has 2 fully saturated rings. The van der Waals surface area contributed by atoms with Gasteiger partial charge in [0.15, 0.2) is 9.84 Å². The zero-order valence-corrected chi connectivity index (χ0v) is 16.5. The molecular formula is C17H20ClN3O5S. The summed E-state index contributed by atoms with van der Waals surface area (Å²) in [4.78, 5) is 39.9. The van der Waals surface area contributed by atoms with E-state index in [1.54, 1.807) is 24.3 Å². The molecule has 0 radical (unpaired) electrons. The molecule has 10 heteroatoms. The van der Waals surface area contributed by atoms with Gasteiger partial charge in [0.05, 0.1) is 11.5 Å². The van der Waals surface area contributed by atoms with Crippen LogP contribution in [0, 0.1) is 0 Å². The molecule has 0 spiro atoms. The summed E-state index contributed by atoms with van der Waals surface area (Å²) in [6, 6.07) is 5.53. The summed E-state index contributed by atoms with van der Waals surface area (Å²) >= 11 is 6.17. The first-order valence-electron chi connectivity index (χ1n) is 8.40. The van der Waals surface area contributed by atoms with E-state index in [0.717, 1.165) is 4.90 Å². The van der Waals surface area contributed by atoms with Crippen molar-refractivity contribution in [1.82, 2.24) is 15.1 Å². The number of carbonyl (C=O) groups excluding carboxylic acids is 3. The van der Waals surface area contributed by atoms with Gasteiger partial charge in [-0.2, -0.15) is 0 Å². The smallest absolute Gasteiger partial charge is 0.325 e. The molecule has 2 aliphatic heterocycles. The molecule has 1 aromatic carbocycles. The van der Waals surface area contributed by atoms with Gasteiger partial charge in [0.1, 0.15) is 12.1 Å². The number of amides is 4. The van der Waals surface area contributed by atoms with E-state index in [1.807, 2.05) is 0 Å². The standard InChI is InChI=1S/C17H20ClN3O5S/c1-17(12-5-3-4-6-13(12)18)15(23)21(16(24)19-17)9-14(22)20(2)11-7-8-27(25,26)10-11/h3-6,11H,7-10H2,1-2H3,(H,19,24)/t11-,17+/m1/s1. The predicted octanol–water partition coefficient (Wildman–Crippen LogP) is 0.752. The molecule has 0 aromatic heterocycles. The summed E-state index contributed by atoms with van der Waals surface area (Å²) in [5.41, 5.74) is -0.930. The Kier molecular flexibility index (Phi) is 4.94. The van der Waals surface area contributed by atoms with Crippen LogP contribution in [-0.4, -0.2) is 67.2 Å². The van der Waals surface area contributed by atoms with Crippen molar-refractivity contribution in [2.75, 3.05) is 25.1 Å². The first kappa shape index (κ1) is 19.6. The highest BCUT2D eigenvalue weighted by Gasteiger charge is 2.50. The van der Waals surface area contributed by atoms with Crippen molar-refractivity contribution in [1.29, 1.82) is 0 Å². The second-order valence-corrected chi connectivity index (χ2v) is 9.62. The molecule has 146 valence electrons. The molecule has 0 bridgehead atoms. The van der Waals surface area contributed by atoms with E-state index in [0.29, 0.717) is 17.0 Å². The fraction of sp³-hybridized carbons (Fsp3) is 0.471. The quantitative estimate of drug-likeness (QED) is 0.733. The van der Waals surface area contributed by atoms with Gasteiger partial charge in [0.2, 0.25) is 5.91 Å². The highest BCUT2D eigenvalue weighted by Crippen LogP contribution is 2.33. The monoisotopic (exact) mass is 413 g/mol. The highest BCUT2D eigenvalue weighted by atomic mass is 35.5. The summed E-state index contributed by atoms with van der Waals surface area (Å²) in [5, 5.41) is 2.93. The average Bonchev–Trinajstić information content (AvgIpc) is 3.07. The van der Waals surface area contributed by atoms with E-state index in [1.165, 1.54) is 18.9 Å². The van der Waals surface area contributed by atoms with Crippen molar-refractivity contribution >= 4 is 39.3 Å². The Balaban J connectivity index is 1.76. The largest absolute Gasteiger partial charge is 0.340 e. The number of sulfone groups is 1. The van der Waals surface area contributed by atoms with E-state index >= 15 is 0 Å². The third kappa shape index (κ3) is 3.53. The van der Waals surface area contributed by atoms with E-state index in [2.05, 4.69) is 5.32 Å². The number of hydrogen-bond acceptors (Lipinski definition) is 5. The first-order valence-corrected chi connectivity index (χ1v) is 10.6. The van der Waals surface area contributed by atoms with E-state index < -0.39 is 45.8 Å². The van der Waals surface area contributed by atoms with Crippen LogP contribution in [0.1, 0.15) is 18.9 Å². The Morgan fingerprint density at radius 2 is 2.04 bits per heavy atom. The Hall–Kier alpha value is -2.13. The van der Waals surface area contributed by atoms with Gasteiger partial charge in [-0.05, 0) is 19.4 Å². The van der Waals surface area contributed by atoms with Crippen molar-refractivity contribution in [2.24, 2.45) is 0 Å². The van der Waals surface area contributed by atoms with Crippen molar-refractivity contribution in [2.45, 2.75) is 24.9 Å². The first-order chi connectivity index (χ1) is 12.5. The van der Waals surface area contributed by atoms with E-state index in [-0.39, 0.29) is 11.5 Å². The highest BCUT2D eigenvalue weighted by molar-refractivity contribution is 7.91. The summed E-state index contributed by atoms with van der Waals surface area (Å²) in [5.74, 6) is -1.15. The van der Waals surface area contributed by atoms with Crippen molar-refractivity contribution in [3.8, 4) is 0 Å². The molecule has 0 saturated carbocycles. The molecule has 4 amide bonds. The van der Waals surface area contributed by atoms with Crippen LogP contribution in [0.4, 0.5) is 4.79 Å². The minimum absolute atomic E-state index is 0.0307. The summed E-state index contributed by atoms with van der Waals surface area (Å²) < 4.78 is 23.2. The Labute approximate surface area is 162 Å². The maximum absolute atomic E-state index is 12.9. The molecule has 0 unspecified atom stereocenters. The minimum Gasteiger partial charge on any atom is -0.340 e. The summed E-state index contributed by atoms with van der Waals surface area (Å²) in [6.07, 6.45) is 0.349. The van der Waals surface area contributed by atoms with Gasteiger partial charge in [-0.15, -0.1) is 0 Å². The number of nitrogens with one attached hydrogen (secondary N) is 1. The minimum atomic E-state index is -3.15. The van der Waals surface area contributed by atoms with E-state index in [4.69, 9.17) is 11.6 Å². The Morgan fingerprint density at radius 1 is 1.37 bits per heavy atom. The number of benzene rings is 1. The number of hydrogen-bond donors (Lipinski definition) is 1. The van der Waals surface area contributed by atoms with Gasteiger partial charge in [-0.1, -0.05) is 29.8 Å². The van der Waals surface area contributed by atoms with Crippen LogP contribution in [0.2, 0.25) is 5.02 Å². The number of halogens is 1. The number of likely N-dealkylation sites (N-methyl/N-ethyl adjacent to an activating group) is 1. The second kappa shape index (κ2) is 6.79. The van der Waals surface area contributed by atoms with Crippen LogP contribution >= 0.6 is 11.6 Å². The van der Waals surface area contributed by atoms with Gasteiger partial charge in [-0.25, -0.2) is 13.2 Å². The lowest BCUT2D eigenvalue weighted by Gasteiger charge is -2.26. The molecule has 2 heterocycles. The summed E-state index contributed by atoms with van der Waals surface area (Å²) in [7, 11) is -1.66. The van der Waals surface area contributed by atoms with Crippen LogP contribution in [-0.2, 0) is 25.0 Å². The van der Waals surface area contributed by atoms with Crippen molar-refractivity contribution in [3.05, 3.63) is 34.9 Å². The van der Waals surface area contributed by atoms with Crippen LogP contribution in [0.15, 0.2) is 24.3 Å². The molecule has 2 saturated heterocycles. The fourth-order valence-electron chi connectivity index (χ4n) is 3.42. The molecular weight excluding hydrogens is 394 g/mol. The van der Waals surface area contributed by atoms with Gasteiger partial charge < -0.3 is 10.2 Å². The molecule has 1 aromatic rings. The summed E-state index contributed by atoms with van der Waals surface area (Å²) in [6.45, 7) is 1.07. The Morgan fingerprint density at radius 3 is 2.63 bits per heavy atom. The molecule has 0 aliphatic carbocycles. The normalized spacial score (nSPS) is 26.9. The van der Waals surface area contributed by atoms with Gasteiger partial charge in [0, 0.05) is 23.7 Å². The molecule has 27 heavy (non-hydrogen) atoms. The molecule has 2 atom stereocenters. The van der Waals surface area contributed by atoms with E-state index in [9.17, 15) is 22.8 Å². The predicted molar refractivity (Wildman–Crippen MR) is 98.9 cm³/mol. The van der Waals surface area contributed by atoms with Crippen molar-refractivity contribution in [3.63, 3.8) is 0 Å². The number of rotatable bonds is 4. The number of carbonyl (C=O) groups is 3. The van der Waals surface area contributed by atoms with Crippen LogP contribution in [0.25, 0.3) is 0 Å². The van der Waals surface area contributed by atoms with Gasteiger partial charge in [0.25, 0.3) is 5.91 Å². The third-order valence-electron chi connectivity index (χ3n) is 5.13. The lowest BCUT2D eigenvalue weighted by molar-refractivity contribution is -0.139. The van der Waals surface area contributed by atoms with Gasteiger partial charge in [-0.3, -0.25) is 14.5 Å². The molecule has 3 rings (SSSR count). The topological polar surface area (TPSA) is 104 Å². The molecule has 1 N–H and O–H groups in total. The maximum Gasteiger partial charge on any atom is 0.325 e. The average molecular weight is 414 g/mol. The maximum atomic E-state index is 12.9. The van der Waals surface area contributed by atoms with Crippen LogP contribution in [0.5, 0.6) is 0 Å². The number of nitrogens with zero attached hydrogens (tertiary/aromatic N) is 2. The lowest BCUT2D eigenvalue weighted by Crippen LogP contribution is -2.46. The van der Waals surface area contributed by atoms with Crippen LogP contribution < -0.4 is 5.32 Å². The fourth-order valence-corrected chi connectivity index (χ4v) is 5.52. The SMILES string of the molecule is CN(C(=O)CN1C(=O)N[C@@](C)(c2ccccc2Cl)C1=O)[C@@H]1CCS(=O)(=O)C1. The molecule has 2 aliphatic rings. The number of urea groups is 1. The number of imide groups is 1. The van der Waals surface area contributed by atoms with Crippen molar-refractivity contribution < 1.29 is 22.8 Å². The van der Waals surface area contributed by atoms with Gasteiger partial charge >= 0.3 is 6.03 Å². The zero-order valence-electron chi connectivity index (χ0n) is 14.9. The molecule has 8 nitrogen and oxygen atoms in total. The second-order valence-electron chi connectivity index (χ2n) is 6.99. The van der Waals surface area contributed by atoms with Crippen LogP contribution in [0.3, 0.4) is 0 Å². The zero-order chi connectivity index (χ0) is 20.0. The lowest BCUT2D eigenvalue weighted by atomic mass is 9.92. The Bertz CT molecular complexity index is 919. The third-order valence-corrected chi connectivity index (χ3v) is 7.21.